The molecule has 0 aromatic heterocycles. The van der Waals surface area contributed by atoms with Crippen LogP contribution in [0, 0.1) is 5.92 Å². The number of imide groups is 1. The number of hydrogen-bond donors (Lipinski definition) is 3. The topological polar surface area (TPSA) is 105 Å². The van der Waals surface area contributed by atoms with Gasteiger partial charge < -0.3 is 15.2 Å². The Morgan fingerprint density at radius 2 is 1.94 bits per heavy atom. The smallest absolute Gasteiger partial charge is 0.321 e. The van der Waals surface area contributed by atoms with Crippen LogP contribution in [0.25, 0.3) is 0 Å². The van der Waals surface area contributed by atoms with E-state index in [1.54, 1.807) is 6.92 Å². The lowest BCUT2D eigenvalue weighted by atomic mass is 10.0. The molecular formula is C11H20N2O5. The highest BCUT2D eigenvalue weighted by molar-refractivity contribution is 5.94. The van der Waals surface area contributed by atoms with Crippen molar-refractivity contribution >= 4 is 17.9 Å². The molecule has 0 bridgehead atoms. The van der Waals surface area contributed by atoms with Crippen LogP contribution in [0.3, 0.4) is 0 Å². The van der Waals surface area contributed by atoms with Gasteiger partial charge in [0.15, 0.2) is 0 Å². The number of rotatable bonds is 8. The summed E-state index contributed by atoms with van der Waals surface area (Å²) < 4.78 is 5.00. The first-order valence-corrected chi connectivity index (χ1v) is 5.82. The predicted octanol–water partition coefficient (Wildman–Crippen LogP) is 0.350. The standard InChI is InChI=1S/C11H20N2O5/c1-3-18-5-4-12-11(17)13-9(14)6-8(2)7-10(15)16/h8H,3-7H2,1-2H3,(H,15,16)(H2,12,13,14,17). The summed E-state index contributed by atoms with van der Waals surface area (Å²) in [6, 6.07) is -0.595. The number of carbonyl (C=O) groups is 3. The molecule has 0 aliphatic carbocycles. The van der Waals surface area contributed by atoms with Crippen molar-refractivity contribution in [3.05, 3.63) is 0 Å². The molecule has 18 heavy (non-hydrogen) atoms. The molecule has 0 saturated carbocycles. The maximum atomic E-state index is 11.3. The lowest BCUT2D eigenvalue weighted by Crippen LogP contribution is -2.41. The average Bonchev–Trinajstić information content (AvgIpc) is 2.22. The average molecular weight is 260 g/mol. The van der Waals surface area contributed by atoms with Gasteiger partial charge in [-0.05, 0) is 12.8 Å². The number of carboxylic acids is 1. The first kappa shape index (κ1) is 16.4. The minimum absolute atomic E-state index is 0.00514. The van der Waals surface area contributed by atoms with Crippen molar-refractivity contribution in [2.75, 3.05) is 19.8 Å². The molecule has 3 N–H and O–H groups in total. The maximum Gasteiger partial charge on any atom is 0.321 e. The van der Waals surface area contributed by atoms with Gasteiger partial charge in [-0.1, -0.05) is 6.92 Å². The summed E-state index contributed by atoms with van der Waals surface area (Å²) >= 11 is 0. The molecule has 104 valence electrons. The fourth-order valence-electron chi connectivity index (χ4n) is 1.29. The first-order valence-electron chi connectivity index (χ1n) is 5.82. The molecule has 3 amide bonds. The van der Waals surface area contributed by atoms with E-state index in [2.05, 4.69) is 10.6 Å². The lowest BCUT2D eigenvalue weighted by Gasteiger charge is -2.09. The Morgan fingerprint density at radius 3 is 2.50 bits per heavy atom. The van der Waals surface area contributed by atoms with E-state index in [-0.39, 0.29) is 18.8 Å². The van der Waals surface area contributed by atoms with Crippen LogP contribution in [0.4, 0.5) is 4.79 Å². The molecular weight excluding hydrogens is 240 g/mol. The number of hydrogen-bond acceptors (Lipinski definition) is 4. The minimum Gasteiger partial charge on any atom is -0.481 e. The maximum absolute atomic E-state index is 11.3. The second-order valence-corrected chi connectivity index (χ2v) is 3.91. The highest BCUT2D eigenvalue weighted by Crippen LogP contribution is 2.06. The van der Waals surface area contributed by atoms with Crippen molar-refractivity contribution in [3.8, 4) is 0 Å². The molecule has 0 rings (SSSR count). The monoisotopic (exact) mass is 260 g/mol. The molecule has 0 radical (unpaired) electrons. The highest BCUT2D eigenvalue weighted by Gasteiger charge is 2.14. The van der Waals surface area contributed by atoms with Crippen LogP contribution in [-0.2, 0) is 14.3 Å². The molecule has 0 saturated heterocycles. The van der Waals surface area contributed by atoms with Crippen molar-refractivity contribution in [2.24, 2.45) is 5.92 Å². The quantitative estimate of drug-likeness (QED) is 0.546. The molecule has 0 aliphatic rings. The summed E-state index contributed by atoms with van der Waals surface area (Å²) in [5, 5.41) is 13.1. The van der Waals surface area contributed by atoms with Crippen LogP contribution >= 0.6 is 0 Å². The summed E-state index contributed by atoms with van der Waals surface area (Å²) in [5.74, 6) is -1.76. The molecule has 1 atom stereocenters. The van der Waals surface area contributed by atoms with Crippen molar-refractivity contribution in [3.63, 3.8) is 0 Å². The lowest BCUT2D eigenvalue weighted by molar-refractivity contribution is -0.138. The van der Waals surface area contributed by atoms with Gasteiger partial charge in [-0.25, -0.2) is 4.79 Å². The van der Waals surface area contributed by atoms with Crippen LogP contribution in [0.15, 0.2) is 0 Å². The molecule has 0 aromatic carbocycles. The second-order valence-electron chi connectivity index (χ2n) is 3.91. The minimum atomic E-state index is -0.962. The molecule has 7 heteroatoms. The van der Waals surface area contributed by atoms with E-state index in [4.69, 9.17) is 9.84 Å². The van der Waals surface area contributed by atoms with Gasteiger partial charge in [0.1, 0.15) is 0 Å². The van der Waals surface area contributed by atoms with Gasteiger partial charge in [0.05, 0.1) is 6.61 Å². The van der Waals surface area contributed by atoms with Crippen molar-refractivity contribution in [2.45, 2.75) is 26.7 Å². The third-order valence-corrected chi connectivity index (χ3v) is 2.05. The van der Waals surface area contributed by atoms with Gasteiger partial charge in [0.2, 0.25) is 5.91 Å². The van der Waals surface area contributed by atoms with Crippen LogP contribution in [-0.4, -0.2) is 42.8 Å². The molecule has 7 nitrogen and oxygen atoms in total. The van der Waals surface area contributed by atoms with Crippen molar-refractivity contribution in [1.82, 2.24) is 10.6 Å². The third kappa shape index (κ3) is 9.59. The van der Waals surface area contributed by atoms with Gasteiger partial charge >= 0.3 is 12.0 Å². The summed E-state index contributed by atoms with van der Waals surface area (Å²) in [5.41, 5.74) is 0. The number of carbonyl (C=O) groups excluding carboxylic acids is 2. The summed E-state index contributed by atoms with van der Waals surface area (Å²) in [6.07, 6.45) is -0.0927. The molecule has 0 fully saturated rings. The van der Waals surface area contributed by atoms with Gasteiger partial charge in [0.25, 0.3) is 0 Å². The number of urea groups is 1. The summed E-state index contributed by atoms with van der Waals surface area (Å²) in [4.78, 5) is 32.9. The zero-order valence-electron chi connectivity index (χ0n) is 10.7. The largest absolute Gasteiger partial charge is 0.481 e. The Labute approximate surface area is 106 Å². The number of carboxylic acid groups (broad SMARTS) is 1. The Morgan fingerprint density at radius 1 is 1.28 bits per heavy atom. The Kier molecular flexibility index (Phi) is 8.55. The Hall–Kier alpha value is -1.63. The van der Waals surface area contributed by atoms with E-state index >= 15 is 0 Å². The van der Waals surface area contributed by atoms with E-state index in [0.29, 0.717) is 19.8 Å². The zero-order chi connectivity index (χ0) is 14.0. The molecule has 0 aliphatic heterocycles. The van der Waals surface area contributed by atoms with Gasteiger partial charge in [-0.3, -0.25) is 14.9 Å². The number of nitrogens with one attached hydrogen (secondary N) is 2. The van der Waals surface area contributed by atoms with E-state index in [0.717, 1.165) is 0 Å². The number of amides is 3. The second kappa shape index (κ2) is 9.41. The van der Waals surface area contributed by atoms with Crippen LogP contribution in [0.5, 0.6) is 0 Å². The Bertz CT molecular complexity index is 293. The van der Waals surface area contributed by atoms with E-state index in [1.807, 2.05) is 6.92 Å². The zero-order valence-corrected chi connectivity index (χ0v) is 10.7. The van der Waals surface area contributed by atoms with E-state index < -0.39 is 17.9 Å². The summed E-state index contributed by atoms with van der Waals surface area (Å²) in [7, 11) is 0. The van der Waals surface area contributed by atoms with E-state index in [9.17, 15) is 14.4 Å². The van der Waals surface area contributed by atoms with Gasteiger partial charge in [-0.15, -0.1) is 0 Å². The van der Waals surface area contributed by atoms with Crippen LogP contribution < -0.4 is 10.6 Å². The number of aliphatic carboxylic acids is 1. The highest BCUT2D eigenvalue weighted by atomic mass is 16.5. The molecule has 0 spiro atoms. The Balaban J connectivity index is 3.73. The van der Waals surface area contributed by atoms with Gasteiger partial charge in [0, 0.05) is 26.0 Å². The predicted molar refractivity (Wildman–Crippen MR) is 64.1 cm³/mol. The van der Waals surface area contributed by atoms with Crippen LogP contribution in [0.1, 0.15) is 26.7 Å². The fourth-order valence-corrected chi connectivity index (χ4v) is 1.29. The van der Waals surface area contributed by atoms with E-state index in [1.165, 1.54) is 0 Å². The fraction of sp³-hybridized carbons (Fsp3) is 0.727. The molecule has 0 aromatic rings. The van der Waals surface area contributed by atoms with Crippen LogP contribution in [0.2, 0.25) is 0 Å². The third-order valence-electron chi connectivity index (χ3n) is 2.05. The van der Waals surface area contributed by atoms with Crippen molar-refractivity contribution < 1.29 is 24.2 Å². The molecule has 0 heterocycles. The first-order chi connectivity index (χ1) is 8.45. The van der Waals surface area contributed by atoms with Crippen molar-refractivity contribution in [1.29, 1.82) is 0 Å². The molecule has 1 unspecified atom stereocenters. The number of ether oxygens (including phenoxy) is 1. The van der Waals surface area contributed by atoms with Gasteiger partial charge in [-0.2, -0.15) is 0 Å². The SMILES string of the molecule is CCOCCNC(=O)NC(=O)CC(C)CC(=O)O. The summed E-state index contributed by atoms with van der Waals surface area (Å²) in [6.45, 7) is 4.74. The normalized spacial score (nSPS) is 11.7.